The van der Waals surface area contributed by atoms with Crippen LogP contribution in [0.25, 0.3) is 54.2 Å². The molecule has 6 aromatic rings. The van der Waals surface area contributed by atoms with Crippen molar-refractivity contribution in [1.29, 1.82) is 0 Å². The zero-order valence-electron chi connectivity index (χ0n) is 22.6. The summed E-state index contributed by atoms with van der Waals surface area (Å²) in [5.74, 6) is -0.576. The highest BCUT2D eigenvalue weighted by atomic mass is 35.5. The summed E-state index contributed by atoms with van der Waals surface area (Å²) in [6.07, 6.45) is 1.12. The van der Waals surface area contributed by atoms with Crippen molar-refractivity contribution < 1.29 is 22.0 Å². The number of hydrogen-bond acceptors (Lipinski definition) is 6. The van der Waals surface area contributed by atoms with Crippen LogP contribution >= 0.6 is 22.9 Å². The summed E-state index contributed by atoms with van der Waals surface area (Å²) < 4.78 is 47.4. The minimum atomic E-state index is -3.67. The highest BCUT2D eigenvalue weighted by Gasteiger charge is 2.26. The Morgan fingerprint density at radius 1 is 1.00 bits per heavy atom. The van der Waals surface area contributed by atoms with Crippen LogP contribution in [0.1, 0.15) is 10.4 Å². The van der Waals surface area contributed by atoms with Gasteiger partial charge in [0.15, 0.2) is 0 Å². The molecule has 212 valence electrons. The van der Waals surface area contributed by atoms with Gasteiger partial charge in [0.05, 0.1) is 27.7 Å². The molecule has 11 heteroatoms. The number of hydrogen-bond donors (Lipinski definition) is 1. The smallest absolute Gasteiger partial charge is 0.255 e. The van der Waals surface area contributed by atoms with Crippen LogP contribution in [0, 0.1) is 5.82 Å². The summed E-state index contributed by atoms with van der Waals surface area (Å²) in [5.41, 5.74) is 4.33. The Hall–Kier alpha value is -4.25. The van der Waals surface area contributed by atoms with E-state index >= 15 is 0 Å². The van der Waals surface area contributed by atoms with Crippen LogP contribution in [-0.4, -0.2) is 39.7 Å². The summed E-state index contributed by atoms with van der Waals surface area (Å²) in [4.78, 5) is 17.9. The summed E-state index contributed by atoms with van der Waals surface area (Å²) in [5, 5.41) is 4.51. The highest BCUT2D eigenvalue weighted by molar-refractivity contribution is 7.92. The first-order valence-corrected chi connectivity index (χ1v) is 15.8. The summed E-state index contributed by atoms with van der Waals surface area (Å²) >= 11 is 7.68. The number of carbonyl (C=O) groups excluding carboxylic acids is 1. The summed E-state index contributed by atoms with van der Waals surface area (Å²) in [6, 6.07) is 22.1. The topological polar surface area (TPSA) is 92.5 Å². The quantitative estimate of drug-likeness (QED) is 0.207. The Kier molecular flexibility index (Phi) is 7.00. The lowest BCUT2D eigenvalue weighted by molar-refractivity contribution is 0.0964. The summed E-state index contributed by atoms with van der Waals surface area (Å²) in [7, 11) is -0.698. The van der Waals surface area contributed by atoms with Gasteiger partial charge >= 0.3 is 0 Å². The van der Waals surface area contributed by atoms with Crippen molar-refractivity contribution in [2.45, 2.75) is 0 Å². The standard InChI is InChI=1S/C31H23ClFN3O4S2/c1-34-30(37)28-23-15-22(18-5-4-6-19(13-18)31-35-24-14-20(32)9-12-27(24)41-31)25(36(2)42(3,38)39)16-26(23)40-29(28)17-7-10-21(33)11-8-17/h4-16H,1-3H3,(H,34,37). The molecule has 1 amide bonds. The normalized spacial score (nSPS) is 11.7. The number of nitrogens with one attached hydrogen (secondary N) is 1. The number of carbonyl (C=O) groups is 1. The Morgan fingerprint density at radius 2 is 1.74 bits per heavy atom. The maximum absolute atomic E-state index is 13.7. The third kappa shape index (κ3) is 5.02. The van der Waals surface area contributed by atoms with Crippen LogP contribution in [0.15, 0.2) is 83.3 Å². The Balaban J connectivity index is 1.60. The molecule has 0 saturated heterocycles. The second-order valence-corrected chi connectivity index (χ2v) is 13.2. The van der Waals surface area contributed by atoms with E-state index in [1.165, 1.54) is 54.0 Å². The molecule has 2 aromatic heterocycles. The fourth-order valence-corrected chi connectivity index (χ4v) is 6.42. The van der Waals surface area contributed by atoms with E-state index in [0.717, 1.165) is 27.0 Å². The number of amides is 1. The van der Waals surface area contributed by atoms with Gasteiger partial charge in [-0.1, -0.05) is 29.8 Å². The van der Waals surface area contributed by atoms with Crippen LogP contribution in [0.3, 0.4) is 0 Å². The number of anilines is 1. The summed E-state index contributed by atoms with van der Waals surface area (Å²) in [6.45, 7) is 0. The maximum atomic E-state index is 13.7. The molecule has 0 spiro atoms. The lowest BCUT2D eigenvalue weighted by Crippen LogP contribution is -2.25. The molecular weight excluding hydrogens is 597 g/mol. The van der Waals surface area contributed by atoms with Gasteiger partial charge in [0.2, 0.25) is 10.0 Å². The SMILES string of the molecule is CNC(=O)c1c(-c2ccc(F)cc2)oc2cc(N(C)S(C)(=O)=O)c(-c3cccc(-c4nc5cc(Cl)ccc5s4)c3)cc12. The molecule has 0 saturated carbocycles. The minimum Gasteiger partial charge on any atom is -0.455 e. The van der Waals surface area contributed by atoms with Crippen molar-refractivity contribution in [2.24, 2.45) is 0 Å². The zero-order chi connectivity index (χ0) is 29.8. The molecule has 1 N–H and O–H groups in total. The molecule has 0 aliphatic heterocycles. The molecule has 0 atom stereocenters. The predicted molar refractivity (Wildman–Crippen MR) is 167 cm³/mol. The number of sulfonamides is 1. The Labute approximate surface area is 250 Å². The highest BCUT2D eigenvalue weighted by Crippen LogP contribution is 2.42. The second kappa shape index (κ2) is 10.5. The van der Waals surface area contributed by atoms with Crippen LogP contribution in [0.2, 0.25) is 5.02 Å². The molecule has 0 fully saturated rings. The molecule has 0 unspecified atom stereocenters. The third-order valence-electron chi connectivity index (χ3n) is 6.97. The fourth-order valence-electron chi connectivity index (χ4n) is 4.80. The van der Waals surface area contributed by atoms with Gasteiger partial charge in [-0.3, -0.25) is 9.10 Å². The number of nitrogens with zero attached hydrogens (tertiary/aromatic N) is 2. The number of aromatic nitrogens is 1. The van der Waals surface area contributed by atoms with Crippen LogP contribution in [-0.2, 0) is 10.0 Å². The van der Waals surface area contributed by atoms with Crippen molar-refractivity contribution in [3.8, 4) is 33.0 Å². The van der Waals surface area contributed by atoms with Gasteiger partial charge in [-0.05, 0) is 60.2 Å². The number of rotatable bonds is 6. The van der Waals surface area contributed by atoms with E-state index in [-0.39, 0.29) is 11.3 Å². The zero-order valence-corrected chi connectivity index (χ0v) is 25.0. The monoisotopic (exact) mass is 619 g/mol. The molecule has 6 rings (SSSR count). The van der Waals surface area contributed by atoms with Crippen LogP contribution in [0.5, 0.6) is 0 Å². The lowest BCUT2D eigenvalue weighted by atomic mass is 9.97. The Bertz CT molecular complexity index is 2120. The molecule has 7 nitrogen and oxygen atoms in total. The van der Waals surface area contributed by atoms with E-state index < -0.39 is 21.7 Å². The molecule has 0 aliphatic carbocycles. The van der Waals surface area contributed by atoms with Gasteiger partial charge < -0.3 is 9.73 Å². The fraction of sp³-hybridized carbons (Fsp3) is 0.0968. The van der Waals surface area contributed by atoms with Crippen molar-refractivity contribution >= 4 is 65.7 Å². The van der Waals surface area contributed by atoms with E-state index in [0.29, 0.717) is 38.4 Å². The molecular formula is C31H23ClFN3O4S2. The number of thiazole rings is 1. The predicted octanol–water partition coefficient (Wildman–Crippen LogP) is 7.59. The number of fused-ring (bicyclic) bond motifs is 2. The van der Waals surface area contributed by atoms with Gasteiger partial charge in [-0.15, -0.1) is 11.3 Å². The molecule has 42 heavy (non-hydrogen) atoms. The number of halogens is 2. The first-order chi connectivity index (χ1) is 20.0. The molecule has 0 radical (unpaired) electrons. The number of benzene rings is 4. The average Bonchev–Trinajstić information content (AvgIpc) is 3.56. The average molecular weight is 620 g/mol. The van der Waals surface area contributed by atoms with Crippen LogP contribution < -0.4 is 9.62 Å². The van der Waals surface area contributed by atoms with Crippen molar-refractivity contribution in [3.63, 3.8) is 0 Å². The molecule has 4 aromatic carbocycles. The molecule has 2 heterocycles. The molecule has 0 aliphatic rings. The van der Waals surface area contributed by atoms with E-state index in [2.05, 4.69) is 5.32 Å². The first-order valence-electron chi connectivity index (χ1n) is 12.7. The minimum absolute atomic E-state index is 0.247. The lowest BCUT2D eigenvalue weighted by Gasteiger charge is -2.21. The van der Waals surface area contributed by atoms with Gasteiger partial charge in [-0.2, -0.15) is 0 Å². The second-order valence-electron chi connectivity index (χ2n) is 9.70. The Morgan fingerprint density at radius 3 is 2.45 bits per heavy atom. The van der Waals surface area contributed by atoms with E-state index in [1.54, 1.807) is 12.1 Å². The first kappa shape index (κ1) is 27.9. The third-order valence-corrected chi connectivity index (χ3v) is 9.49. The van der Waals surface area contributed by atoms with Crippen LogP contribution in [0.4, 0.5) is 10.1 Å². The van der Waals surface area contributed by atoms with E-state index in [1.807, 2.05) is 42.5 Å². The van der Waals surface area contributed by atoms with Gasteiger partial charge in [0.25, 0.3) is 5.91 Å². The molecule has 0 bridgehead atoms. The van der Waals surface area contributed by atoms with Gasteiger partial charge in [0.1, 0.15) is 22.2 Å². The van der Waals surface area contributed by atoms with E-state index in [4.69, 9.17) is 21.0 Å². The van der Waals surface area contributed by atoms with Crippen molar-refractivity contribution in [2.75, 3.05) is 24.7 Å². The largest absolute Gasteiger partial charge is 0.455 e. The van der Waals surface area contributed by atoms with Crippen molar-refractivity contribution in [3.05, 3.63) is 95.3 Å². The van der Waals surface area contributed by atoms with Crippen molar-refractivity contribution in [1.82, 2.24) is 10.3 Å². The number of furan rings is 1. The van der Waals surface area contributed by atoms with Gasteiger partial charge in [-0.25, -0.2) is 17.8 Å². The van der Waals surface area contributed by atoms with Gasteiger partial charge in [0, 0.05) is 47.3 Å². The van der Waals surface area contributed by atoms with E-state index in [9.17, 15) is 17.6 Å². The maximum Gasteiger partial charge on any atom is 0.255 e.